The predicted molar refractivity (Wildman–Crippen MR) is 114 cm³/mol. The van der Waals surface area contributed by atoms with Crippen LogP contribution in [0.2, 0.25) is 0 Å². The molecule has 0 unspecified atom stereocenters. The van der Waals surface area contributed by atoms with Gasteiger partial charge in [-0.3, -0.25) is 4.79 Å². The summed E-state index contributed by atoms with van der Waals surface area (Å²) in [7, 11) is 0. The number of aryl methyl sites for hydroxylation is 3. The monoisotopic (exact) mass is 391 g/mol. The van der Waals surface area contributed by atoms with E-state index in [-0.39, 0.29) is 18.1 Å². The zero-order chi connectivity index (χ0) is 20.4. The molecule has 1 heterocycles. The summed E-state index contributed by atoms with van der Waals surface area (Å²) >= 11 is 0. The van der Waals surface area contributed by atoms with Crippen LogP contribution < -0.4 is 15.7 Å². The summed E-state index contributed by atoms with van der Waals surface area (Å²) in [5.74, 6) is 0.310. The minimum atomic E-state index is -0.244. The average Bonchev–Trinajstić information content (AvgIpc) is 2.97. The van der Waals surface area contributed by atoms with Crippen LogP contribution in [0.15, 0.2) is 45.6 Å². The standard InChI is InChI=1S/C24H25NO4/c1-15-8-10-17(11-9-15)25-22(26)14-28-21-13-12-19-18-6-4-3-5-7-20(18)24(27)29-23(19)16(21)2/h8-13H,3-7,14H2,1-2H3,(H,25,26). The van der Waals surface area contributed by atoms with Crippen LogP contribution in [0.5, 0.6) is 5.75 Å². The fourth-order valence-electron chi connectivity index (χ4n) is 3.94. The van der Waals surface area contributed by atoms with Crippen molar-refractivity contribution in [3.05, 3.63) is 69.1 Å². The predicted octanol–water partition coefficient (Wildman–Crippen LogP) is 4.70. The summed E-state index contributed by atoms with van der Waals surface area (Å²) in [4.78, 5) is 24.7. The summed E-state index contributed by atoms with van der Waals surface area (Å²) in [6.45, 7) is 3.74. The molecular weight excluding hydrogens is 366 g/mol. The molecule has 0 aliphatic heterocycles. The van der Waals surface area contributed by atoms with E-state index in [1.807, 2.05) is 50.2 Å². The Morgan fingerprint density at radius 2 is 1.72 bits per heavy atom. The second-order valence-electron chi connectivity index (χ2n) is 7.68. The molecule has 2 aromatic carbocycles. The van der Waals surface area contributed by atoms with Crippen LogP contribution in [-0.4, -0.2) is 12.5 Å². The molecule has 0 radical (unpaired) electrons. The number of carbonyl (C=O) groups is 1. The Hall–Kier alpha value is -3.08. The summed E-state index contributed by atoms with van der Waals surface area (Å²) in [6.07, 6.45) is 4.92. The van der Waals surface area contributed by atoms with Crippen molar-refractivity contribution in [2.24, 2.45) is 0 Å². The third kappa shape index (κ3) is 4.04. The summed E-state index contributed by atoms with van der Waals surface area (Å²) in [5, 5.41) is 3.80. The summed E-state index contributed by atoms with van der Waals surface area (Å²) in [5.41, 5.74) is 4.85. The lowest BCUT2D eigenvalue weighted by Gasteiger charge is -2.14. The second-order valence-corrected chi connectivity index (χ2v) is 7.68. The molecule has 0 atom stereocenters. The van der Waals surface area contributed by atoms with Gasteiger partial charge in [0.15, 0.2) is 6.61 Å². The van der Waals surface area contributed by atoms with Crippen LogP contribution in [0.4, 0.5) is 5.69 Å². The first kappa shape index (κ1) is 19.2. The number of carbonyl (C=O) groups excluding carboxylic acids is 1. The van der Waals surface area contributed by atoms with Crippen molar-refractivity contribution in [3.63, 3.8) is 0 Å². The van der Waals surface area contributed by atoms with Gasteiger partial charge in [0.2, 0.25) is 0 Å². The van der Waals surface area contributed by atoms with E-state index in [4.69, 9.17) is 9.15 Å². The minimum Gasteiger partial charge on any atom is -0.483 e. The molecule has 0 fully saturated rings. The molecular formula is C24H25NO4. The lowest BCUT2D eigenvalue weighted by molar-refractivity contribution is -0.118. The van der Waals surface area contributed by atoms with Crippen molar-refractivity contribution >= 4 is 22.6 Å². The van der Waals surface area contributed by atoms with Gasteiger partial charge in [0.1, 0.15) is 11.3 Å². The second kappa shape index (κ2) is 8.11. The average molecular weight is 391 g/mol. The van der Waals surface area contributed by atoms with E-state index in [1.165, 1.54) is 0 Å². The Morgan fingerprint density at radius 3 is 2.48 bits per heavy atom. The molecule has 4 rings (SSSR count). The van der Waals surface area contributed by atoms with Crippen LogP contribution in [0.25, 0.3) is 11.0 Å². The van der Waals surface area contributed by atoms with Crippen molar-refractivity contribution in [3.8, 4) is 5.75 Å². The number of amides is 1. The van der Waals surface area contributed by atoms with Crippen LogP contribution in [0.3, 0.4) is 0 Å². The first-order chi connectivity index (χ1) is 14.0. The molecule has 1 N–H and O–H groups in total. The molecule has 0 bridgehead atoms. The number of hydrogen-bond acceptors (Lipinski definition) is 4. The topological polar surface area (TPSA) is 68.5 Å². The highest BCUT2D eigenvalue weighted by molar-refractivity contribution is 5.92. The Labute approximate surface area is 169 Å². The third-order valence-electron chi connectivity index (χ3n) is 5.53. The highest BCUT2D eigenvalue weighted by atomic mass is 16.5. The van der Waals surface area contributed by atoms with Crippen LogP contribution >= 0.6 is 0 Å². The van der Waals surface area contributed by atoms with Gasteiger partial charge in [0, 0.05) is 22.2 Å². The molecule has 0 spiro atoms. The molecule has 5 nitrogen and oxygen atoms in total. The molecule has 0 saturated heterocycles. The fraction of sp³-hybridized carbons (Fsp3) is 0.333. The van der Waals surface area contributed by atoms with Gasteiger partial charge in [-0.1, -0.05) is 24.1 Å². The number of fused-ring (bicyclic) bond motifs is 3. The van der Waals surface area contributed by atoms with Crippen molar-refractivity contribution in [1.82, 2.24) is 0 Å². The normalized spacial score (nSPS) is 13.6. The van der Waals surface area contributed by atoms with Gasteiger partial charge < -0.3 is 14.5 Å². The van der Waals surface area contributed by atoms with E-state index in [2.05, 4.69) is 5.32 Å². The Balaban J connectivity index is 1.55. The van der Waals surface area contributed by atoms with Gasteiger partial charge in [-0.15, -0.1) is 0 Å². The quantitative estimate of drug-likeness (QED) is 0.517. The fourth-order valence-corrected chi connectivity index (χ4v) is 3.94. The number of nitrogens with one attached hydrogen (secondary N) is 1. The molecule has 5 heteroatoms. The smallest absolute Gasteiger partial charge is 0.339 e. The zero-order valence-electron chi connectivity index (χ0n) is 16.8. The Bertz CT molecular complexity index is 1110. The van der Waals surface area contributed by atoms with Gasteiger partial charge in [-0.2, -0.15) is 0 Å². The van der Waals surface area contributed by atoms with E-state index in [0.29, 0.717) is 11.3 Å². The molecule has 0 saturated carbocycles. The highest BCUT2D eigenvalue weighted by Gasteiger charge is 2.19. The SMILES string of the molecule is Cc1ccc(NC(=O)COc2ccc3c4c(c(=O)oc3c2C)CCCCC4)cc1. The van der Waals surface area contributed by atoms with Crippen molar-refractivity contribution in [2.75, 3.05) is 11.9 Å². The molecule has 1 aliphatic rings. The van der Waals surface area contributed by atoms with Crippen molar-refractivity contribution in [2.45, 2.75) is 46.0 Å². The number of hydrogen-bond donors (Lipinski definition) is 1. The number of anilines is 1. The van der Waals surface area contributed by atoms with E-state index < -0.39 is 0 Å². The summed E-state index contributed by atoms with van der Waals surface area (Å²) in [6, 6.07) is 11.4. The Morgan fingerprint density at radius 1 is 1.00 bits per heavy atom. The summed E-state index contributed by atoms with van der Waals surface area (Å²) < 4.78 is 11.4. The first-order valence-corrected chi connectivity index (χ1v) is 10.1. The molecule has 150 valence electrons. The van der Waals surface area contributed by atoms with Gasteiger partial charge in [-0.05, 0) is 69.4 Å². The molecule has 1 amide bonds. The maximum absolute atomic E-state index is 12.5. The van der Waals surface area contributed by atoms with Crippen molar-refractivity contribution in [1.29, 1.82) is 0 Å². The lowest BCUT2D eigenvalue weighted by Crippen LogP contribution is -2.20. The van der Waals surface area contributed by atoms with Gasteiger partial charge in [0.25, 0.3) is 5.91 Å². The maximum atomic E-state index is 12.5. The third-order valence-corrected chi connectivity index (χ3v) is 5.53. The number of benzene rings is 2. The largest absolute Gasteiger partial charge is 0.483 e. The van der Waals surface area contributed by atoms with Gasteiger partial charge >= 0.3 is 5.63 Å². The molecule has 1 aliphatic carbocycles. The van der Waals surface area contributed by atoms with E-state index in [0.717, 1.165) is 65.4 Å². The minimum absolute atomic E-state index is 0.116. The maximum Gasteiger partial charge on any atom is 0.339 e. The number of rotatable bonds is 4. The first-order valence-electron chi connectivity index (χ1n) is 10.1. The number of ether oxygens (including phenoxy) is 1. The molecule has 1 aromatic heterocycles. The van der Waals surface area contributed by atoms with Crippen molar-refractivity contribution < 1.29 is 13.9 Å². The molecule has 29 heavy (non-hydrogen) atoms. The highest BCUT2D eigenvalue weighted by Crippen LogP contribution is 2.32. The molecule has 3 aromatic rings. The van der Waals surface area contributed by atoms with Crippen LogP contribution in [0.1, 0.15) is 41.5 Å². The van der Waals surface area contributed by atoms with E-state index in [9.17, 15) is 9.59 Å². The van der Waals surface area contributed by atoms with Crippen LogP contribution in [0, 0.1) is 13.8 Å². The van der Waals surface area contributed by atoms with Crippen LogP contribution in [-0.2, 0) is 17.6 Å². The van der Waals surface area contributed by atoms with E-state index >= 15 is 0 Å². The lowest BCUT2D eigenvalue weighted by atomic mass is 9.99. The van der Waals surface area contributed by atoms with E-state index in [1.54, 1.807) is 0 Å². The zero-order valence-corrected chi connectivity index (χ0v) is 16.8. The Kier molecular flexibility index (Phi) is 5.38. The van der Waals surface area contributed by atoms with Gasteiger partial charge in [0.05, 0.1) is 0 Å². The van der Waals surface area contributed by atoms with Gasteiger partial charge in [-0.25, -0.2) is 4.79 Å².